The molecule has 0 spiro atoms. The van der Waals surface area contributed by atoms with Crippen molar-refractivity contribution in [3.63, 3.8) is 0 Å². The van der Waals surface area contributed by atoms with Crippen LogP contribution in [-0.2, 0) is 27.1 Å². The van der Waals surface area contributed by atoms with Crippen molar-refractivity contribution in [2.75, 3.05) is 0 Å². The van der Waals surface area contributed by atoms with Gasteiger partial charge in [-0.2, -0.15) is 0 Å². The second kappa shape index (κ2) is 9.39. The molecule has 0 aliphatic heterocycles. The van der Waals surface area contributed by atoms with E-state index in [9.17, 15) is 0 Å². The lowest BCUT2D eigenvalue weighted by Crippen LogP contribution is -2.29. The third kappa shape index (κ3) is 6.42. The highest BCUT2D eigenvalue weighted by Gasteiger charge is 2.35. The molecule has 2 rings (SSSR count). The number of hydrogen-bond acceptors (Lipinski definition) is 0. The van der Waals surface area contributed by atoms with Crippen molar-refractivity contribution in [2.45, 2.75) is 150 Å². The molecule has 0 aromatic heterocycles. The first-order valence-electron chi connectivity index (χ1n) is 13.8. The summed E-state index contributed by atoms with van der Waals surface area (Å²) in [6.07, 6.45) is 1.10. The van der Waals surface area contributed by atoms with Gasteiger partial charge in [-0.25, -0.2) is 0 Å². The molecule has 0 saturated carbocycles. The predicted octanol–water partition coefficient (Wildman–Crippen LogP) is 10.7. The highest BCUT2D eigenvalue weighted by molar-refractivity contribution is 5.54. The predicted molar refractivity (Wildman–Crippen MR) is 159 cm³/mol. The molecule has 0 radical (unpaired) electrons. The van der Waals surface area contributed by atoms with E-state index in [1.165, 1.54) is 33.4 Å². The Kier molecular flexibility index (Phi) is 7.96. The second-order valence-corrected chi connectivity index (χ2v) is 16.0. The minimum absolute atomic E-state index is 0.0767. The van der Waals surface area contributed by atoms with Gasteiger partial charge in [0.2, 0.25) is 0 Å². The lowest BCUT2D eigenvalue weighted by molar-refractivity contribution is 0.494. The van der Waals surface area contributed by atoms with E-state index in [0.29, 0.717) is 5.92 Å². The Morgan fingerprint density at radius 2 is 0.857 bits per heavy atom. The van der Waals surface area contributed by atoms with E-state index in [-0.39, 0.29) is 27.1 Å². The van der Waals surface area contributed by atoms with Crippen LogP contribution in [0.4, 0.5) is 0 Å². The standard InChI is InChI=1S/C35H56/c1-17-24(29-25(31(2,3)4)19-18-20-26(29)32(5,6)7)23-21-27(33(8,9)10)30(35(14,15)16)28(22-23)34(11,12)13/h18-22,24H,17H2,1-16H3. The van der Waals surface area contributed by atoms with Crippen molar-refractivity contribution >= 4 is 0 Å². The van der Waals surface area contributed by atoms with Crippen molar-refractivity contribution in [1.82, 2.24) is 0 Å². The van der Waals surface area contributed by atoms with E-state index in [1.54, 1.807) is 5.56 Å². The SMILES string of the molecule is CCC(c1cc(C(C)(C)C)c(C(C)(C)C)c(C(C)(C)C)c1)c1c(C(C)(C)C)cccc1C(C)(C)C. The zero-order valence-electron chi connectivity index (χ0n) is 26.2. The molecule has 0 N–H and O–H groups in total. The van der Waals surface area contributed by atoms with Gasteiger partial charge in [0.25, 0.3) is 0 Å². The molecule has 2 aromatic carbocycles. The van der Waals surface area contributed by atoms with E-state index in [0.717, 1.165) is 6.42 Å². The van der Waals surface area contributed by atoms with E-state index in [4.69, 9.17) is 0 Å². The summed E-state index contributed by atoms with van der Waals surface area (Å²) in [5.74, 6) is 0.371. The molecule has 0 nitrogen and oxygen atoms in total. The van der Waals surface area contributed by atoms with Gasteiger partial charge in [-0.1, -0.05) is 141 Å². The highest BCUT2D eigenvalue weighted by atomic mass is 14.4. The lowest BCUT2D eigenvalue weighted by Gasteiger charge is -2.39. The van der Waals surface area contributed by atoms with E-state index < -0.39 is 0 Å². The fourth-order valence-corrected chi connectivity index (χ4v) is 5.71. The number of benzene rings is 2. The maximum atomic E-state index is 2.58. The van der Waals surface area contributed by atoms with E-state index in [1.807, 2.05) is 0 Å². The molecule has 0 heteroatoms. The van der Waals surface area contributed by atoms with Crippen LogP contribution in [0.1, 0.15) is 162 Å². The maximum absolute atomic E-state index is 2.58. The van der Waals surface area contributed by atoms with Crippen LogP contribution >= 0.6 is 0 Å². The maximum Gasteiger partial charge on any atom is 0.00928 e. The average molecular weight is 477 g/mol. The Labute approximate surface area is 219 Å². The summed E-state index contributed by atoms with van der Waals surface area (Å²) in [6, 6.07) is 12.2. The molecular weight excluding hydrogens is 420 g/mol. The summed E-state index contributed by atoms with van der Waals surface area (Å²) in [5, 5.41) is 0. The van der Waals surface area contributed by atoms with Crippen LogP contribution in [-0.4, -0.2) is 0 Å². The smallest absolute Gasteiger partial charge is 0.00928 e. The minimum atomic E-state index is 0.0767. The lowest BCUT2D eigenvalue weighted by atomic mass is 9.66. The second-order valence-electron chi connectivity index (χ2n) is 16.0. The molecular formula is C35H56. The van der Waals surface area contributed by atoms with Gasteiger partial charge in [0.05, 0.1) is 0 Å². The Morgan fingerprint density at radius 3 is 1.11 bits per heavy atom. The van der Waals surface area contributed by atoms with Gasteiger partial charge in [0.1, 0.15) is 0 Å². The van der Waals surface area contributed by atoms with Crippen molar-refractivity contribution in [1.29, 1.82) is 0 Å². The molecule has 0 fully saturated rings. The summed E-state index contributed by atoms with van der Waals surface area (Å²) in [6.45, 7) is 38.1. The largest absolute Gasteiger partial charge is 0.0645 e. The summed E-state index contributed by atoms with van der Waals surface area (Å²) >= 11 is 0. The van der Waals surface area contributed by atoms with Gasteiger partial charge < -0.3 is 0 Å². The zero-order chi connectivity index (χ0) is 27.4. The molecule has 1 unspecified atom stereocenters. The summed E-state index contributed by atoms with van der Waals surface area (Å²) in [5.41, 5.74) is 11.0. The van der Waals surface area contributed by atoms with Gasteiger partial charge in [0.15, 0.2) is 0 Å². The quantitative estimate of drug-likeness (QED) is 0.413. The number of rotatable bonds is 3. The zero-order valence-corrected chi connectivity index (χ0v) is 26.2. The summed E-state index contributed by atoms with van der Waals surface area (Å²) in [4.78, 5) is 0. The molecule has 35 heavy (non-hydrogen) atoms. The van der Waals surface area contributed by atoms with Crippen LogP contribution in [0.3, 0.4) is 0 Å². The highest BCUT2D eigenvalue weighted by Crippen LogP contribution is 2.46. The monoisotopic (exact) mass is 476 g/mol. The first kappa shape index (κ1) is 29.7. The van der Waals surface area contributed by atoms with E-state index >= 15 is 0 Å². The molecule has 0 saturated heterocycles. The Bertz CT molecular complexity index is 961. The van der Waals surface area contributed by atoms with Crippen LogP contribution in [0.5, 0.6) is 0 Å². The van der Waals surface area contributed by atoms with Gasteiger partial charge in [-0.15, -0.1) is 0 Å². The van der Waals surface area contributed by atoms with Crippen molar-refractivity contribution in [3.05, 3.63) is 69.3 Å². The topological polar surface area (TPSA) is 0 Å². The molecule has 1 atom stereocenters. The number of hydrogen-bond donors (Lipinski definition) is 0. The Hall–Kier alpha value is -1.56. The molecule has 2 aromatic rings. The first-order valence-corrected chi connectivity index (χ1v) is 13.8. The molecule has 0 amide bonds. The third-order valence-corrected chi connectivity index (χ3v) is 7.41. The van der Waals surface area contributed by atoms with Crippen LogP contribution in [0.2, 0.25) is 0 Å². The van der Waals surface area contributed by atoms with Crippen LogP contribution in [0.25, 0.3) is 0 Å². The molecule has 0 aliphatic rings. The van der Waals surface area contributed by atoms with E-state index in [2.05, 4.69) is 141 Å². The fourth-order valence-electron chi connectivity index (χ4n) is 5.71. The van der Waals surface area contributed by atoms with Gasteiger partial charge in [-0.05, 0) is 72.4 Å². The van der Waals surface area contributed by atoms with Gasteiger partial charge in [-0.3, -0.25) is 0 Å². The van der Waals surface area contributed by atoms with Crippen LogP contribution < -0.4 is 0 Å². The summed E-state index contributed by atoms with van der Waals surface area (Å²) in [7, 11) is 0. The third-order valence-electron chi connectivity index (χ3n) is 7.41. The van der Waals surface area contributed by atoms with Gasteiger partial charge in [0, 0.05) is 5.92 Å². The van der Waals surface area contributed by atoms with Crippen LogP contribution in [0.15, 0.2) is 30.3 Å². The normalized spacial score (nSPS) is 14.9. The van der Waals surface area contributed by atoms with Crippen molar-refractivity contribution in [3.8, 4) is 0 Å². The molecule has 0 aliphatic carbocycles. The van der Waals surface area contributed by atoms with Crippen LogP contribution in [0, 0.1) is 0 Å². The van der Waals surface area contributed by atoms with Gasteiger partial charge >= 0.3 is 0 Å². The van der Waals surface area contributed by atoms with Crippen molar-refractivity contribution < 1.29 is 0 Å². The Balaban J connectivity index is 3.09. The fraction of sp³-hybridized carbons (Fsp3) is 0.657. The molecule has 0 heterocycles. The molecule has 196 valence electrons. The first-order chi connectivity index (χ1) is 15.5. The average Bonchev–Trinajstić information content (AvgIpc) is 2.64. The summed E-state index contributed by atoms with van der Waals surface area (Å²) < 4.78 is 0. The minimum Gasteiger partial charge on any atom is -0.0645 e. The molecule has 0 bridgehead atoms. The van der Waals surface area contributed by atoms with Crippen molar-refractivity contribution in [2.24, 2.45) is 0 Å². The Morgan fingerprint density at radius 1 is 0.514 bits per heavy atom.